The summed E-state index contributed by atoms with van der Waals surface area (Å²) in [6, 6.07) is 8.98. The number of benzene rings is 1. The van der Waals surface area contributed by atoms with Crippen molar-refractivity contribution in [1.82, 2.24) is 5.32 Å². The van der Waals surface area contributed by atoms with Crippen LogP contribution in [0.2, 0.25) is 5.02 Å². The molecule has 0 aliphatic rings. The van der Waals surface area contributed by atoms with Crippen molar-refractivity contribution in [3.63, 3.8) is 0 Å². The zero-order valence-corrected chi connectivity index (χ0v) is 11.4. The first-order valence-corrected chi connectivity index (χ1v) is 6.44. The zero-order valence-electron chi connectivity index (χ0n) is 10.6. The lowest BCUT2D eigenvalue weighted by atomic mass is 9.99. The predicted molar refractivity (Wildman–Crippen MR) is 71.9 cm³/mol. The zero-order chi connectivity index (χ0) is 12.1. The summed E-state index contributed by atoms with van der Waals surface area (Å²) < 4.78 is 0. The molecule has 0 saturated heterocycles. The second kappa shape index (κ2) is 6.27. The molecule has 1 rings (SSSR count). The van der Waals surface area contributed by atoms with Gasteiger partial charge >= 0.3 is 0 Å². The maximum absolute atomic E-state index is 5.87. The molecule has 2 unspecified atom stereocenters. The lowest BCUT2D eigenvalue weighted by molar-refractivity contribution is 0.360. The Hall–Kier alpha value is -0.530. The highest BCUT2D eigenvalue weighted by molar-refractivity contribution is 6.30. The second-order valence-electron chi connectivity index (χ2n) is 4.61. The summed E-state index contributed by atoms with van der Waals surface area (Å²) in [5, 5.41) is 4.42. The van der Waals surface area contributed by atoms with E-state index in [1.165, 1.54) is 12.0 Å². The Morgan fingerprint density at radius 3 is 2.19 bits per heavy atom. The third kappa shape index (κ3) is 3.80. The van der Waals surface area contributed by atoms with Crippen LogP contribution in [-0.2, 0) is 0 Å². The minimum atomic E-state index is 0.376. The van der Waals surface area contributed by atoms with Gasteiger partial charge in [0.15, 0.2) is 0 Å². The first-order chi connectivity index (χ1) is 7.54. The Morgan fingerprint density at radius 2 is 1.69 bits per heavy atom. The fraction of sp³-hybridized carbons (Fsp3) is 0.571. The molecule has 16 heavy (non-hydrogen) atoms. The fourth-order valence-electron chi connectivity index (χ4n) is 1.76. The Bertz CT molecular complexity index is 307. The average Bonchev–Trinajstić information content (AvgIpc) is 2.28. The smallest absolute Gasteiger partial charge is 0.0406 e. The van der Waals surface area contributed by atoms with Crippen LogP contribution in [0.1, 0.15) is 45.7 Å². The highest BCUT2D eigenvalue weighted by atomic mass is 35.5. The van der Waals surface area contributed by atoms with E-state index >= 15 is 0 Å². The predicted octanol–water partition coefficient (Wildman–Crippen LogP) is 4.43. The number of halogens is 1. The van der Waals surface area contributed by atoms with Crippen LogP contribution in [0.25, 0.3) is 0 Å². The normalized spacial score (nSPS) is 16.8. The van der Waals surface area contributed by atoms with Crippen LogP contribution in [0, 0.1) is 5.92 Å². The van der Waals surface area contributed by atoms with E-state index in [1.807, 2.05) is 12.1 Å². The lowest BCUT2D eigenvalue weighted by Crippen LogP contribution is -2.33. The first-order valence-electron chi connectivity index (χ1n) is 6.06. The molecule has 90 valence electrons. The van der Waals surface area contributed by atoms with Gasteiger partial charge in [-0.3, -0.25) is 0 Å². The van der Waals surface area contributed by atoms with Crippen LogP contribution in [0.4, 0.5) is 0 Å². The molecule has 0 spiro atoms. The van der Waals surface area contributed by atoms with Crippen LogP contribution in [0.5, 0.6) is 0 Å². The van der Waals surface area contributed by atoms with E-state index < -0.39 is 0 Å². The molecule has 1 N–H and O–H groups in total. The maximum Gasteiger partial charge on any atom is 0.0406 e. The van der Waals surface area contributed by atoms with Gasteiger partial charge in [0.2, 0.25) is 0 Å². The Morgan fingerprint density at radius 1 is 1.12 bits per heavy atom. The van der Waals surface area contributed by atoms with Crippen LogP contribution < -0.4 is 5.32 Å². The van der Waals surface area contributed by atoms with Crippen molar-refractivity contribution < 1.29 is 0 Å². The fourth-order valence-corrected chi connectivity index (χ4v) is 1.89. The summed E-state index contributed by atoms with van der Waals surface area (Å²) in [6.07, 6.45) is 1.21. The summed E-state index contributed by atoms with van der Waals surface area (Å²) in [5.74, 6) is 0.703. The Kier molecular flexibility index (Phi) is 5.30. The second-order valence-corrected chi connectivity index (χ2v) is 5.05. The topological polar surface area (TPSA) is 12.0 Å². The third-order valence-electron chi connectivity index (χ3n) is 3.38. The molecule has 0 aliphatic carbocycles. The molecule has 1 nitrogen and oxygen atoms in total. The van der Waals surface area contributed by atoms with Gasteiger partial charge < -0.3 is 5.32 Å². The summed E-state index contributed by atoms with van der Waals surface area (Å²) in [6.45, 7) is 8.96. The van der Waals surface area contributed by atoms with Gasteiger partial charge in [-0.15, -0.1) is 0 Å². The van der Waals surface area contributed by atoms with Crippen LogP contribution >= 0.6 is 11.6 Å². The highest BCUT2D eigenvalue weighted by Gasteiger charge is 2.13. The highest BCUT2D eigenvalue weighted by Crippen LogP contribution is 2.18. The van der Waals surface area contributed by atoms with E-state index in [4.69, 9.17) is 11.6 Å². The average molecular weight is 240 g/mol. The van der Waals surface area contributed by atoms with Crippen molar-refractivity contribution in [2.75, 3.05) is 0 Å². The van der Waals surface area contributed by atoms with E-state index in [1.54, 1.807) is 0 Å². The van der Waals surface area contributed by atoms with Crippen molar-refractivity contribution in [2.24, 2.45) is 5.92 Å². The van der Waals surface area contributed by atoms with Crippen LogP contribution in [-0.4, -0.2) is 6.04 Å². The van der Waals surface area contributed by atoms with Crippen molar-refractivity contribution >= 4 is 11.6 Å². The third-order valence-corrected chi connectivity index (χ3v) is 3.63. The molecule has 0 aliphatic heterocycles. The molecule has 1 aromatic rings. The summed E-state index contributed by atoms with van der Waals surface area (Å²) in [5.41, 5.74) is 1.29. The molecular formula is C14H22ClN. The van der Waals surface area contributed by atoms with Crippen LogP contribution in [0.15, 0.2) is 24.3 Å². The molecule has 1 aromatic carbocycles. The minimum Gasteiger partial charge on any atom is -0.307 e. The van der Waals surface area contributed by atoms with Gasteiger partial charge in [-0.05, 0) is 37.5 Å². The van der Waals surface area contributed by atoms with Crippen molar-refractivity contribution in [3.8, 4) is 0 Å². The van der Waals surface area contributed by atoms with Gasteiger partial charge in [0.25, 0.3) is 0 Å². The van der Waals surface area contributed by atoms with E-state index in [9.17, 15) is 0 Å². The van der Waals surface area contributed by atoms with E-state index in [0.29, 0.717) is 18.0 Å². The van der Waals surface area contributed by atoms with E-state index in [-0.39, 0.29) is 0 Å². The lowest BCUT2D eigenvalue weighted by Gasteiger charge is -2.24. The number of rotatable bonds is 5. The molecule has 3 atom stereocenters. The largest absolute Gasteiger partial charge is 0.307 e. The molecular weight excluding hydrogens is 218 g/mol. The Balaban J connectivity index is 2.58. The number of nitrogens with one attached hydrogen (secondary N) is 1. The molecule has 0 heterocycles. The molecule has 0 aromatic heterocycles. The summed E-state index contributed by atoms with van der Waals surface area (Å²) in [7, 11) is 0. The van der Waals surface area contributed by atoms with Gasteiger partial charge in [-0.25, -0.2) is 0 Å². The maximum atomic E-state index is 5.87. The van der Waals surface area contributed by atoms with Gasteiger partial charge in [-0.1, -0.05) is 44.0 Å². The van der Waals surface area contributed by atoms with Gasteiger partial charge in [0.05, 0.1) is 0 Å². The quantitative estimate of drug-likeness (QED) is 0.802. The monoisotopic (exact) mass is 239 g/mol. The number of hydrogen-bond donors (Lipinski definition) is 1. The number of hydrogen-bond acceptors (Lipinski definition) is 1. The van der Waals surface area contributed by atoms with Crippen LogP contribution in [0.3, 0.4) is 0 Å². The minimum absolute atomic E-state index is 0.376. The SMILES string of the molecule is CCC(C)C(C)N[C@H](C)c1ccc(Cl)cc1. The van der Waals surface area contributed by atoms with Crippen molar-refractivity contribution in [3.05, 3.63) is 34.9 Å². The Labute approximate surface area is 104 Å². The summed E-state index contributed by atoms with van der Waals surface area (Å²) in [4.78, 5) is 0. The molecule has 0 fully saturated rings. The van der Waals surface area contributed by atoms with Crippen molar-refractivity contribution in [1.29, 1.82) is 0 Å². The molecule has 0 amide bonds. The first kappa shape index (κ1) is 13.5. The van der Waals surface area contributed by atoms with Gasteiger partial charge in [0, 0.05) is 17.1 Å². The van der Waals surface area contributed by atoms with E-state index in [2.05, 4.69) is 45.1 Å². The van der Waals surface area contributed by atoms with Crippen molar-refractivity contribution in [2.45, 2.75) is 46.2 Å². The molecule has 0 saturated carbocycles. The summed E-state index contributed by atoms with van der Waals surface area (Å²) >= 11 is 5.87. The van der Waals surface area contributed by atoms with E-state index in [0.717, 1.165) is 5.02 Å². The van der Waals surface area contributed by atoms with Gasteiger partial charge in [-0.2, -0.15) is 0 Å². The molecule has 0 bridgehead atoms. The molecule has 0 radical (unpaired) electrons. The molecule has 2 heteroatoms. The van der Waals surface area contributed by atoms with Gasteiger partial charge in [0.1, 0.15) is 0 Å². The standard InChI is InChI=1S/C14H22ClN/c1-5-10(2)11(3)16-12(4)13-6-8-14(15)9-7-13/h6-12,16H,5H2,1-4H3/t10?,11?,12-/m1/s1.